The van der Waals surface area contributed by atoms with E-state index >= 15 is 0 Å². The fraction of sp³-hybridized carbons (Fsp3) is 0.500. The monoisotopic (exact) mass is 353 g/mol. The molecule has 0 spiro atoms. The van der Waals surface area contributed by atoms with E-state index in [9.17, 15) is 14.7 Å². The molecule has 0 bridgehead atoms. The summed E-state index contributed by atoms with van der Waals surface area (Å²) < 4.78 is 0.916. The molecule has 1 saturated heterocycles. The Kier molecular flexibility index (Phi) is 4.71. The van der Waals surface area contributed by atoms with Crippen molar-refractivity contribution in [3.05, 3.63) is 33.8 Å². The van der Waals surface area contributed by atoms with E-state index < -0.39 is 11.4 Å². The summed E-state index contributed by atoms with van der Waals surface area (Å²) in [7, 11) is 0. The lowest BCUT2D eigenvalue weighted by atomic mass is 9.76. The zero-order valence-corrected chi connectivity index (χ0v) is 13.9. The lowest BCUT2D eigenvalue weighted by molar-refractivity contribution is -0.152. The molecule has 1 N–H and O–H groups in total. The SMILES string of the molecule is CCC1(C(=O)O)CCN(C(=O)c2cccc(Br)c2C)CC1. The Morgan fingerprint density at radius 3 is 2.48 bits per heavy atom. The van der Waals surface area contributed by atoms with E-state index in [1.54, 1.807) is 4.90 Å². The van der Waals surface area contributed by atoms with E-state index in [-0.39, 0.29) is 5.91 Å². The van der Waals surface area contributed by atoms with Gasteiger partial charge in [0.15, 0.2) is 0 Å². The molecule has 1 fully saturated rings. The van der Waals surface area contributed by atoms with E-state index in [0.717, 1.165) is 10.0 Å². The highest BCUT2D eigenvalue weighted by Crippen LogP contribution is 2.35. The highest BCUT2D eigenvalue weighted by atomic mass is 79.9. The summed E-state index contributed by atoms with van der Waals surface area (Å²) in [6.07, 6.45) is 1.66. The van der Waals surface area contributed by atoms with Crippen LogP contribution in [0.5, 0.6) is 0 Å². The van der Waals surface area contributed by atoms with Crippen molar-refractivity contribution >= 4 is 27.8 Å². The Hall–Kier alpha value is -1.36. The molecule has 1 amide bonds. The molecule has 21 heavy (non-hydrogen) atoms. The Morgan fingerprint density at radius 2 is 1.95 bits per heavy atom. The normalized spacial score (nSPS) is 17.6. The minimum absolute atomic E-state index is 0.0103. The number of likely N-dealkylation sites (tertiary alicyclic amines) is 1. The lowest BCUT2D eigenvalue weighted by Crippen LogP contribution is -2.46. The van der Waals surface area contributed by atoms with Gasteiger partial charge in [-0.15, -0.1) is 0 Å². The molecule has 0 aromatic heterocycles. The second-order valence-electron chi connectivity index (χ2n) is 5.64. The Labute approximate surface area is 133 Å². The van der Waals surface area contributed by atoms with Crippen LogP contribution in [0.3, 0.4) is 0 Å². The number of halogens is 1. The van der Waals surface area contributed by atoms with Gasteiger partial charge in [0.05, 0.1) is 5.41 Å². The minimum atomic E-state index is -0.740. The molecule has 4 nitrogen and oxygen atoms in total. The molecule has 5 heteroatoms. The fourth-order valence-electron chi connectivity index (χ4n) is 2.87. The topological polar surface area (TPSA) is 57.6 Å². The number of carboxylic acid groups (broad SMARTS) is 1. The predicted molar refractivity (Wildman–Crippen MR) is 84.4 cm³/mol. The number of amides is 1. The van der Waals surface area contributed by atoms with Crippen molar-refractivity contribution in [2.24, 2.45) is 5.41 Å². The van der Waals surface area contributed by atoms with Gasteiger partial charge in [-0.05, 0) is 43.9 Å². The van der Waals surface area contributed by atoms with Gasteiger partial charge in [-0.3, -0.25) is 9.59 Å². The van der Waals surface area contributed by atoms with Crippen molar-refractivity contribution in [3.8, 4) is 0 Å². The van der Waals surface area contributed by atoms with Crippen molar-refractivity contribution in [2.75, 3.05) is 13.1 Å². The quantitative estimate of drug-likeness (QED) is 0.904. The first-order chi connectivity index (χ1) is 9.91. The zero-order chi connectivity index (χ0) is 15.6. The fourth-order valence-corrected chi connectivity index (χ4v) is 3.23. The predicted octanol–water partition coefficient (Wildman–Crippen LogP) is 3.47. The maximum Gasteiger partial charge on any atom is 0.309 e. The average Bonchev–Trinajstić information content (AvgIpc) is 2.49. The second-order valence-corrected chi connectivity index (χ2v) is 6.50. The summed E-state index contributed by atoms with van der Waals surface area (Å²) in [6, 6.07) is 5.58. The van der Waals surface area contributed by atoms with E-state index in [4.69, 9.17) is 0 Å². The summed E-state index contributed by atoms with van der Waals surface area (Å²) in [6.45, 7) is 4.83. The molecule has 1 heterocycles. The van der Waals surface area contributed by atoms with Crippen LogP contribution >= 0.6 is 15.9 Å². The largest absolute Gasteiger partial charge is 0.481 e. The van der Waals surface area contributed by atoms with Crippen molar-refractivity contribution in [3.63, 3.8) is 0 Å². The molecule has 0 unspecified atom stereocenters. The molecular formula is C16H20BrNO3. The van der Waals surface area contributed by atoms with Crippen molar-refractivity contribution in [1.82, 2.24) is 4.90 Å². The third-order valence-electron chi connectivity index (χ3n) is 4.64. The van der Waals surface area contributed by atoms with Crippen LogP contribution in [-0.4, -0.2) is 35.0 Å². The zero-order valence-electron chi connectivity index (χ0n) is 12.4. The number of carbonyl (C=O) groups is 2. The van der Waals surface area contributed by atoms with Crippen molar-refractivity contribution in [1.29, 1.82) is 0 Å². The third kappa shape index (κ3) is 2.98. The van der Waals surface area contributed by atoms with Crippen molar-refractivity contribution < 1.29 is 14.7 Å². The van der Waals surface area contributed by atoms with E-state index in [2.05, 4.69) is 15.9 Å². The third-order valence-corrected chi connectivity index (χ3v) is 5.50. The number of hydrogen-bond acceptors (Lipinski definition) is 2. The second kappa shape index (κ2) is 6.18. The first-order valence-electron chi connectivity index (χ1n) is 7.19. The molecule has 1 aromatic carbocycles. The van der Waals surface area contributed by atoms with Gasteiger partial charge < -0.3 is 10.0 Å². The number of carboxylic acids is 1. The van der Waals surface area contributed by atoms with Gasteiger partial charge in [0, 0.05) is 23.1 Å². The summed E-state index contributed by atoms with van der Waals surface area (Å²) >= 11 is 3.44. The van der Waals surface area contributed by atoms with Crippen LogP contribution in [-0.2, 0) is 4.79 Å². The summed E-state index contributed by atoms with van der Waals surface area (Å²) in [5, 5.41) is 9.40. The van der Waals surface area contributed by atoms with Gasteiger partial charge in [0.2, 0.25) is 0 Å². The minimum Gasteiger partial charge on any atom is -0.481 e. The molecule has 2 rings (SSSR count). The number of rotatable bonds is 3. The van der Waals surface area contributed by atoms with Gasteiger partial charge in [-0.25, -0.2) is 0 Å². The van der Waals surface area contributed by atoms with Crippen LogP contribution < -0.4 is 0 Å². The molecule has 1 aromatic rings. The van der Waals surface area contributed by atoms with Gasteiger partial charge in [0.25, 0.3) is 5.91 Å². The number of nitrogens with zero attached hydrogens (tertiary/aromatic N) is 1. The first-order valence-corrected chi connectivity index (χ1v) is 7.98. The number of aliphatic carboxylic acids is 1. The number of piperidine rings is 1. The van der Waals surface area contributed by atoms with E-state index in [1.807, 2.05) is 32.0 Å². The number of hydrogen-bond donors (Lipinski definition) is 1. The Balaban J connectivity index is 2.14. The molecule has 114 valence electrons. The van der Waals surface area contributed by atoms with Crippen LogP contribution in [0.15, 0.2) is 22.7 Å². The summed E-state index contributed by atoms with van der Waals surface area (Å²) in [4.78, 5) is 25.8. The molecule has 1 aliphatic rings. The Bertz CT molecular complexity index is 563. The smallest absolute Gasteiger partial charge is 0.309 e. The van der Waals surface area contributed by atoms with Crippen molar-refractivity contribution in [2.45, 2.75) is 33.1 Å². The molecular weight excluding hydrogens is 334 g/mol. The van der Waals surface area contributed by atoms with Crippen LogP contribution in [0.25, 0.3) is 0 Å². The average molecular weight is 354 g/mol. The highest BCUT2D eigenvalue weighted by molar-refractivity contribution is 9.10. The lowest BCUT2D eigenvalue weighted by Gasteiger charge is -2.38. The number of carbonyl (C=O) groups excluding carboxylic acids is 1. The van der Waals surface area contributed by atoms with Crippen LogP contribution in [0.2, 0.25) is 0 Å². The van der Waals surface area contributed by atoms with Gasteiger partial charge in [-0.2, -0.15) is 0 Å². The van der Waals surface area contributed by atoms with Gasteiger partial charge >= 0.3 is 5.97 Å². The van der Waals surface area contributed by atoms with Gasteiger partial charge in [-0.1, -0.05) is 28.9 Å². The standard InChI is InChI=1S/C16H20BrNO3/c1-3-16(15(20)21)7-9-18(10-8-16)14(19)12-5-4-6-13(17)11(12)2/h4-6H,3,7-10H2,1-2H3,(H,20,21). The van der Waals surface area contributed by atoms with Crippen LogP contribution in [0, 0.1) is 12.3 Å². The Morgan fingerprint density at radius 1 is 1.33 bits per heavy atom. The van der Waals surface area contributed by atoms with Crippen LogP contribution in [0.1, 0.15) is 42.1 Å². The number of benzene rings is 1. The van der Waals surface area contributed by atoms with E-state index in [0.29, 0.717) is 37.9 Å². The summed E-state index contributed by atoms with van der Waals surface area (Å²) in [5.74, 6) is -0.750. The molecule has 0 aliphatic carbocycles. The molecule has 0 saturated carbocycles. The summed E-state index contributed by atoms with van der Waals surface area (Å²) in [5.41, 5.74) is 0.945. The maximum atomic E-state index is 12.6. The van der Waals surface area contributed by atoms with Crippen LogP contribution in [0.4, 0.5) is 0 Å². The molecule has 1 aliphatic heterocycles. The maximum absolute atomic E-state index is 12.6. The van der Waals surface area contributed by atoms with Gasteiger partial charge in [0.1, 0.15) is 0 Å². The van der Waals surface area contributed by atoms with E-state index in [1.165, 1.54) is 0 Å². The first kappa shape index (κ1) is 16.0. The molecule has 0 radical (unpaired) electrons. The highest BCUT2D eigenvalue weighted by Gasteiger charge is 2.41. The molecule has 0 atom stereocenters.